The van der Waals surface area contributed by atoms with E-state index < -0.39 is 5.25 Å². The van der Waals surface area contributed by atoms with Crippen molar-refractivity contribution in [3.63, 3.8) is 0 Å². The highest BCUT2D eigenvalue weighted by molar-refractivity contribution is 8.00. The lowest BCUT2D eigenvalue weighted by Gasteiger charge is -2.14. The molecule has 3 aromatic heterocycles. The molecule has 168 valence electrons. The van der Waals surface area contributed by atoms with Crippen LogP contribution in [0.3, 0.4) is 0 Å². The molecule has 0 aliphatic heterocycles. The number of fused-ring (bicyclic) bond motifs is 3. The SMILES string of the molecule is CCn1c(SC(C)C(=O)Nc2cc3oc4ccccc4c3cc2OC)nnc1-c1ccco1. The molecule has 33 heavy (non-hydrogen) atoms. The highest BCUT2D eigenvalue weighted by atomic mass is 32.2. The van der Waals surface area contributed by atoms with Crippen LogP contribution in [-0.4, -0.2) is 33.0 Å². The molecule has 9 heteroatoms. The zero-order valence-corrected chi connectivity index (χ0v) is 19.2. The maximum absolute atomic E-state index is 13.0. The molecule has 0 radical (unpaired) electrons. The zero-order chi connectivity index (χ0) is 22.9. The molecule has 0 spiro atoms. The minimum Gasteiger partial charge on any atom is -0.495 e. The molecule has 2 aromatic carbocycles. The van der Waals surface area contributed by atoms with Crippen molar-refractivity contribution >= 4 is 45.3 Å². The molecule has 0 saturated heterocycles. The van der Waals surface area contributed by atoms with Gasteiger partial charge in [0.15, 0.2) is 16.7 Å². The molecule has 0 bridgehead atoms. The molecule has 1 amide bonds. The van der Waals surface area contributed by atoms with Crippen LogP contribution in [0.5, 0.6) is 5.75 Å². The second-order valence-electron chi connectivity index (χ2n) is 7.42. The predicted octanol–water partition coefficient (Wildman–Crippen LogP) is 5.59. The largest absolute Gasteiger partial charge is 0.495 e. The van der Waals surface area contributed by atoms with Crippen molar-refractivity contribution in [3.05, 3.63) is 54.8 Å². The monoisotopic (exact) mass is 462 g/mol. The van der Waals surface area contributed by atoms with Gasteiger partial charge in [-0.15, -0.1) is 10.2 Å². The van der Waals surface area contributed by atoms with Crippen molar-refractivity contribution < 1.29 is 18.4 Å². The van der Waals surface area contributed by atoms with E-state index in [0.29, 0.717) is 40.3 Å². The minimum atomic E-state index is -0.431. The molecular formula is C24H22N4O4S. The number of ether oxygens (including phenoxy) is 1. The van der Waals surface area contributed by atoms with E-state index in [4.69, 9.17) is 13.6 Å². The Kier molecular flexibility index (Phi) is 5.55. The van der Waals surface area contributed by atoms with Gasteiger partial charge in [0, 0.05) is 23.4 Å². The molecule has 0 aliphatic carbocycles. The fraction of sp³-hybridized carbons (Fsp3) is 0.208. The first kappa shape index (κ1) is 21.1. The Hall–Kier alpha value is -3.72. The van der Waals surface area contributed by atoms with E-state index in [2.05, 4.69) is 15.5 Å². The van der Waals surface area contributed by atoms with E-state index in [-0.39, 0.29) is 5.91 Å². The topological polar surface area (TPSA) is 95.3 Å². The van der Waals surface area contributed by atoms with Gasteiger partial charge in [0.2, 0.25) is 5.91 Å². The van der Waals surface area contributed by atoms with Crippen molar-refractivity contribution in [2.45, 2.75) is 30.8 Å². The van der Waals surface area contributed by atoms with E-state index >= 15 is 0 Å². The number of carbonyl (C=O) groups is 1. The predicted molar refractivity (Wildman–Crippen MR) is 128 cm³/mol. The summed E-state index contributed by atoms with van der Waals surface area (Å²) < 4.78 is 18.9. The smallest absolute Gasteiger partial charge is 0.237 e. The van der Waals surface area contributed by atoms with E-state index in [1.807, 2.05) is 54.8 Å². The number of aromatic nitrogens is 3. The summed E-state index contributed by atoms with van der Waals surface area (Å²) in [7, 11) is 1.58. The molecule has 1 N–H and O–H groups in total. The standard InChI is InChI=1S/C24H22N4O4S/c1-4-28-22(19-10-7-11-31-19)26-27-24(28)33-14(2)23(29)25-17-13-20-16(12-21(17)30-3)15-8-5-6-9-18(15)32-20/h5-14H,4H2,1-3H3,(H,25,29). The summed E-state index contributed by atoms with van der Waals surface area (Å²) in [5, 5.41) is 13.6. The number of methoxy groups -OCH3 is 1. The Balaban J connectivity index is 1.39. The second kappa shape index (κ2) is 8.67. The Morgan fingerprint density at radius 3 is 2.76 bits per heavy atom. The number of nitrogens with one attached hydrogen (secondary N) is 1. The maximum atomic E-state index is 13.0. The fourth-order valence-electron chi connectivity index (χ4n) is 3.71. The van der Waals surface area contributed by atoms with Gasteiger partial charge in [-0.1, -0.05) is 30.0 Å². The van der Waals surface area contributed by atoms with Crippen LogP contribution in [-0.2, 0) is 11.3 Å². The van der Waals surface area contributed by atoms with Gasteiger partial charge in [-0.3, -0.25) is 9.36 Å². The van der Waals surface area contributed by atoms with Gasteiger partial charge in [-0.25, -0.2) is 0 Å². The van der Waals surface area contributed by atoms with Gasteiger partial charge < -0.3 is 18.9 Å². The number of anilines is 1. The van der Waals surface area contributed by atoms with Crippen molar-refractivity contribution in [2.75, 3.05) is 12.4 Å². The van der Waals surface area contributed by atoms with E-state index in [9.17, 15) is 4.79 Å². The number of carbonyl (C=O) groups excluding carboxylic acids is 1. The summed E-state index contributed by atoms with van der Waals surface area (Å²) in [5.41, 5.74) is 2.02. The van der Waals surface area contributed by atoms with Crippen molar-refractivity contribution in [1.29, 1.82) is 0 Å². The number of amides is 1. The van der Waals surface area contributed by atoms with Crippen molar-refractivity contribution in [3.8, 4) is 17.3 Å². The summed E-state index contributed by atoms with van der Waals surface area (Å²) in [6, 6.07) is 15.1. The van der Waals surface area contributed by atoms with Crippen molar-refractivity contribution in [1.82, 2.24) is 14.8 Å². The number of nitrogens with zero attached hydrogens (tertiary/aromatic N) is 3. The van der Waals surface area contributed by atoms with Gasteiger partial charge in [-0.2, -0.15) is 0 Å². The Morgan fingerprint density at radius 1 is 1.15 bits per heavy atom. The molecule has 0 saturated carbocycles. The Bertz CT molecular complexity index is 1440. The molecule has 1 atom stereocenters. The highest BCUT2D eigenvalue weighted by Crippen LogP contribution is 2.37. The second-order valence-corrected chi connectivity index (χ2v) is 8.73. The molecule has 5 rings (SSSR count). The molecule has 0 aliphatic rings. The van der Waals surface area contributed by atoms with E-state index in [1.54, 1.807) is 25.5 Å². The average molecular weight is 463 g/mol. The van der Waals surface area contributed by atoms with Gasteiger partial charge in [0.05, 0.1) is 24.3 Å². The van der Waals surface area contributed by atoms with Crippen LogP contribution >= 0.6 is 11.8 Å². The first-order valence-electron chi connectivity index (χ1n) is 10.5. The van der Waals surface area contributed by atoms with E-state index in [1.165, 1.54) is 11.8 Å². The molecule has 0 fully saturated rings. The lowest BCUT2D eigenvalue weighted by molar-refractivity contribution is -0.115. The Morgan fingerprint density at radius 2 is 2.00 bits per heavy atom. The number of rotatable bonds is 7. The third-order valence-corrected chi connectivity index (χ3v) is 6.46. The van der Waals surface area contributed by atoms with Crippen LogP contribution in [0.2, 0.25) is 0 Å². The quantitative estimate of drug-likeness (QED) is 0.315. The third kappa shape index (κ3) is 3.84. The molecular weight excluding hydrogens is 440 g/mol. The van der Waals surface area contributed by atoms with Crippen molar-refractivity contribution in [2.24, 2.45) is 0 Å². The lowest BCUT2D eigenvalue weighted by atomic mass is 10.1. The zero-order valence-electron chi connectivity index (χ0n) is 18.4. The van der Waals surface area contributed by atoms with Gasteiger partial charge >= 0.3 is 0 Å². The number of hydrogen-bond donors (Lipinski definition) is 1. The van der Waals surface area contributed by atoms with Gasteiger partial charge in [0.25, 0.3) is 0 Å². The number of benzene rings is 2. The van der Waals surface area contributed by atoms with Crippen LogP contribution in [0.25, 0.3) is 33.5 Å². The maximum Gasteiger partial charge on any atom is 0.237 e. The third-order valence-electron chi connectivity index (χ3n) is 5.38. The minimum absolute atomic E-state index is 0.182. The molecule has 3 heterocycles. The summed E-state index contributed by atoms with van der Waals surface area (Å²) in [6.07, 6.45) is 1.60. The van der Waals surface area contributed by atoms with E-state index in [0.717, 1.165) is 16.4 Å². The van der Waals surface area contributed by atoms with Crippen LogP contribution in [0.15, 0.2) is 68.8 Å². The molecule has 5 aromatic rings. The molecule has 8 nitrogen and oxygen atoms in total. The summed E-state index contributed by atoms with van der Waals surface area (Å²) in [6.45, 7) is 4.47. The Labute approximate surface area is 193 Å². The van der Waals surface area contributed by atoms with Crippen LogP contribution in [0.4, 0.5) is 5.69 Å². The first-order chi connectivity index (χ1) is 16.1. The number of thioether (sulfide) groups is 1. The van der Waals surface area contributed by atoms with Gasteiger partial charge in [0.1, 0.15) is 16.9 Å². The lowest BCUT2D eigenvalue weighted by Crippen LogP contribution is -2.23. The molecule has 1 unspecified atom stereocenters. The number of furan rings is 2. The van der Waals surface area contributed by atoms with Crippen LogP contribution in [0, 0.1) is 0 Å². The highest BCUT2D eigenvalue weighted by Gasteiger charge is 2.22. The summed E-state index contributed by atoms with van der Waals surface area (Å²) in [4.78, 5) is 13.0. The average Bonchev–Trinajstić information content (AvgIpc) is 3.56. The van der Waals surface area contributed by atoms with Gasteiger partial charge in [-0.05, 0) is 38.1 Å². The van der Waals surface area contributed by atoms with Crippen LogP contribution < -0.4 is 10.1 Å². The summed E-state index contributed by atoms with van der Waals surface area (Å²) >= 11 is 1.33. The fourth-order valence-corrected chi connectivity index (χ4v) is 4.63. The first-order valence-corrected chi connectivity index (χ1v) is 11.4. The summed E-state index contributed by atoms with van der Waals surface area (Å²) in [5.74, 6) is 1.65. The normalized spacial score (nSPS) is 12.3. The van der Waals surface area contributed by atoms with Crippen LogP contribution in [0.1, 0.15) is 13.8 Å². The number of para-hydroxylation sites is 1. The number of hydrogen-bond acceptors (Lipinski definition) is 7.